The Morgan fingerprint density at radius 1 is 1.00 bits per heavy atom. The van der Waals surface area contributed by atoms with E-state index in [-0.39, 0.29) is 29.1 Å². The van der Waals surface area contributed by atoms with Crippen LogP contribution in [0.2, 0.25) is 5.02 Å². The number of hydrogen-bond acceptors (Lipinski definition) is 7. The van der Waals surface area contributed by atoms with Gasteiger partial charge in [-0.2, -0.15) is 13.2 Å². The van der Waals surface area contributed by atoms with Crippen LogP contribution >= 0.6 is 11.6 Å². The summed E-state index contributed by atoms with van der Waals surface area (Å²) in [5, 5.41) is 8.79. The fraction of sp³-hybridized carbons (Fsp3) is 0.444. The van der Waals surface area contributed by atoms with Gasteiger partial charge in [0.1, 0.15) is 5.82 Å². The number of H-pyrrole nitrogens is 1. The number of aromatic nitrogens is 2. The largest absolute Gasteiger partial charge is 0.477 e. The number of ether oxygens (including phenoxy) is 3. The van der Waals surface area contributed by atoms with Crippen LogP contribution in [0.15, 0.2) is 40.7 Å². The average molecular weight is 588 g/mol. The molecule has 3 rings (SSSR count). The van der Waals surface area contributed by atoms with Gasteiger partial charge < -0.3 is 19.5 Å². The number of dihydropyridines is 1. The average Bonchev–Trinajstić information content (AvgIpc) is 3.29. The van der Waals surface area contributed by atoms with Crippen molar-refractivity contribution >= 4 is 23.5 Å². The molecule has 0 bridgehead atoms. The van der Waals surface area contributed by atoms with Gasteiger partial charge in [0, 0.05) is 28.7 Å². The summed E-state index contributed by atoms with van der Waals surface area (Å²) in [7, 11) is 1.03. The van der Waals surface area contributed by atoms with E-state index in [2.05, 4.69) is 15.5 Å². The maximum Gasteiger partial charge on any atom is 0.418 e. The third-order valence-corrected chi connectivity index (χ3v) is 6.62. The van der Waals surface area contributed by atoms with Gasteiger partial charge in [0.25, 0.3) is 0 Å². The highest BCUT2D eigenvalue weighted by Gasteiger charge is 2.46. The lowest BCUT2D eigenvalue weighted by atomic mass is 9.78. The fourth-order valence-corrected chi connectivity index (χ4v) is 4.79. The van der Waals surface area contributed by atoms with Crippen molar-refractivity contribution in [2.75, 3.05) is 20.3 Å². The summed E-state index contributed by atoms with van der Waals surface area (Å²) < 4.78 is 73.2. The van der Waals surface area contributed by atoms with E-state index in [0.717, 1.165) is 37.8 Å². The van der Waals surface area contributed by atoms with Gasteiger partial charge in [0.05, 0.1) is 48.0 Å². The summed E-state index contributed by atoms with van der Waals surface area (Å²) in [5.74, 6) is -4.59. The zero-order valence-electron chi connectivity index (χ0n) is 22.4. The number of halogens is 5. The van der Waals surface area contributed by atoms with E-state index in [4.69, 9.17) is 25.8 Å². The minimum atomic E-state index is -5.09. The van der Waals surface area contributed by atoms with Crippen LogP contribution < -0.4 is 10.1 Å². The van der Waals surface area contributed by atoms with Gasteiger partial charge in [-0.1, -0.05) is 11.6 Å². The van der Waals surface area contributed by atoms with Crippen molar-refractivity contribution < 1.29 is 41.4 Å². The number of carbonyl (C=O) groups excluding carboxylic acids is 2. The van der Waals surface area contributed by atoms with Crippen molar-refractivity contribution in [2.24, 2.45) is 0 Å². The molecule has 13 heteroatoms. The molecule has 1 aromatic heterocycles. The van der Waals surface area contributed by atoms with Crippen LogP contribution in [0.5, 0.6) is 5.88 Å². The van der Waals surface area contributed by atoms with Crippen LogP contribution in [0, 0.1) is 12.7 Å². The number of hydrogen-bond donors (Lipinski definition) is 2. The molecule has 1 unspecified atom stereocenters. The Kier molecular flexibility index (Phi) is 10.2. The predicted molar refractivity (Wildman–Crippen MR) is 138 cm³/mol. The van der Waals surface area contributed by atoms with Gasteiger partial charge in [-0.05, 0) is 58.6 Å². The molecule has 0 radical (unpaired) electrons. The molecule has 2 heterocycles. The first-order valence-electron chi connectivity index (χ1n) is 12.5. The third kappa shape index (κ3) is 7.15. The number of aromatic amines is 1. The van der Waals surface area contributed by atoms with Crippen LogP contribution in [0.1, 0.15) is 62.3 Å². The molecule has 8 nitrogen and oxygen atoms in total. The quantitative estimate of drug-likeness (QED) is 0.185. The molecule has 0 aliphatic carbocycles. The summed E-state index contributed by atoms with van der Waals surface area (Å²) in [5.41, 5.74) is -2.06. The number of nitrogens with zero attached hydrogens (tertiary/aromatic N) is 1. The van der Waals surface area contributed by atoms with E-state index in [0.29, 0.717) is 25.3 Å². The number of aryl methyl sites for hydroxylation is 1. The zero-order chi connectivity index (χ0) is 29.6. The van der Waals surface area contributed by atoms with E-state index < -0.39 is 46.0 Å². The first-order chi connectivity index (χ1) is 18.9. The number of alkyl halides is 3. The lowest BCUT2D eigenvalue weighted by Crippen LogP contribution is -2.34. The lowest BCUT2D eigenvalue weighted by Gasteiger charge is -2.32. The van der Waals surface area contributed by atoms with Crippen molar-refractivity contribution in [2.45, 2.75) is 58.5 Å². The number of carbonyl (C=O) groups is 2. The maximum atomic E-state index is 15.2. The van der Waals surface area contributed by atoms with Crippen LogP contribution in [0.4, 0.5) is 17.6 Å². The minimum absolute atomic E-state index is 0.0395. The molecule has 0 saturated heterocycles. The zero-order valence-corrected chi connectivity index (χ0v) is 23.2. The summed E-state index contributed by atoms with van der Waals surface area (Å²) in [6.45, 7) is 5.12. The molecule has 0 spiro atoms. The predicted octanol–water partition coefficient (Wildman–Crippen LogP) is 6.12. The summed E-state index contributed by atoms with van der Waals surface area (Å²) in [4.78, 5) is 26.0. The van der Waals surface area contributed by atoms with Gasteiger partial charge in [-0.15, -0.1) is 5.10 Å². The van der Waals surface area contributed by atoms with E-state index >= 15 is 4.39 Å². The van der Waals surface area contributed by atoms with Gasteiger partial charge in [0.2, 0.25) is 5.88 Å². The highest BCUT2D eigenvalue weighted by Crippen LogP contribution is 2.47. The molecule has 2 N–H and O–H groups in total. The Hall–Kier alpha value is -3.54. The number of allylic oxidation sites excluding steroid dienone is 2. The monoisotopic (exact) mass is 587 g/mol. The number of benzene rings is 1. The fourth-order valence-electron chi connectivity index (χ4n) is 4.52. The first-order valence-corrected chi connectivity index (χ1v) is 12.9. The van der Waals surface area contributed by atoms with Crippen LogP contribution in [0.25, 0.3) is 0 Å². The van der Waals surface area contributed by atoms with Crippen LogP contribution in [-0.4, -0.2) is 42.5 Å². The van der Waals surface area contributed by atoms with Gasteiger partial charge in [-0.25, -0.2) is 14.0 Å². The molecule has 40 heavy (non-hydrogen) atoms. The second kappa shape index (κ2) is 13.2. The third-order valence-electron chi connectivity index (χ3n) is 6.30. The van der Waals surface area contributed by atoms with Crippen molar-refractivity contribution in [3.8, 4) is 5.88 Å². The second-order valence-corrected chi connectivity index (χ2v) is 9.64. The number of methoxy groups -OCH3 is 1. The Morgan fingerprint density at radius 3 is 2.20 bits per heavy atom. The molecule has 1 aliphatic heterocycles. The van der Waals surface area contributed by atoms with Crippen LogP contribution in [0.3, 0.4) is 0 Å². The second-order valence-electron chi connectivity index (χ2n) is 9.23. The van der Waals surface area contributed by atoms with Crippen molar-refractivity contribution in [1.29, 1.82) is 0 Å². The van der Waals surface area contributed by atoms with E-state index in [9.17, 15) is 22.8 Å². The molecule has 1 aliphatic rings. The van der Waals surface area contributed by atoms with Gasteiger partial charge >= 0.3 is 18.1 Å². The van der Waals surface area contributed by atoms with Crippen molar-refractivity contribution in [1.82, 2.24) is 15.5 Å². The Bertz CT molecular complexity index is 1320. The molecule has 0 amide bonds. The maximum absolute atomic E-state index is 15.2. The van der Waals surface area contributed by atoms with E-state index in [1.165, 1.54) is 13.8 Å². The molecular weight excluding hydrogens is 558 g/mol. The molecular formula is C27H30ClF4N3O5. The molecule has 0 fully saturated rings. The number of unbranched alkanes of at least 4 members (excludes halogenated alkanes) is 3. The smallest absolute Gasteiger partial charge is 0.418 e. The Morgan fingerprint density at radius 2 is 1.62 bits per heavy atom. The standard InChI is InChI=1S/C27H30ClF4N3O5/c1-14-13-19(35-34-14)39-11-7-5-6-8-12-40-26(37)21-16(3)33-15(2)20(25(36)38-4)23(21)22-18(29)10-9-17(28)24(22)27(30,31)32/h9-10,13,23,33H,5-8,11-12H2,1-4H3,(H,34,35). The molecule has 1 atom stereocenters. The van der Waals surface area contributed by atoms with Gasteiger partial charge in [-0.3, -0.25) is 5.10 Å². The first kappa shape index (κ1) is 31.0. The van der Waals surface area contributed by atoms with E-state index in [1.54, 1.807) is 6.07 Å². The number of rotatable bonds is 11. The highest BCUT2D eigenvalue weighted by molar-refractivity contribution is 6.31. The summed E-state index contributed by atoms with van der Waals surface area (Å²) >= 11 is 5.88. The Labute approximate surface area is 233 Å². The highest BCUT2D eigenvalue weighted by atomic mass is 35.5. The molecule has 218 valence electrons. The van der Waals surface area contributed by atoms with Gasteiger partial charge in [0.15, 0.2) is 0 Å². The molecule has 1 aromatic carbocycles. The van der Waals surface area contributed by atoms with Crippen molar-refractivity contribution in [3.63, 3.8) is 0 Å². The minimum Gasteiger partial charge on any atom is -0.477 e. The SMILES string of the molecule is COC(=O)C1=C(C)NC(C)=C(C(=O)OCCCCCCOc2cc(C)[nH]n2)C1c1c(F)ccc(Cl)c1C(F)(F)F. The van der Waals surface area contributed by atoms with Crippen molar-refractivity contribution in [3.05, 3.63) is 68.4 Å². The molecule has 0 saturated carbocycles. The van der Waals surface area contributed by atoms with E-state index in [1.807, 2.05) is 6.92 Å². The molecule has 2 aromatic rings. The number of esters is 2. The topological polar surface area (TPSA) is 103 Å². The normalized spacial score (nSPS) is 15.7. The number of nitrogens with one attached hydrogen (secondary N) is 2. The summed E-state index contributed by atoms with van der Waals surface area (Å²) in [6, 6.07) is 3.31. The van der Waals surface area contributed by atoms with Crippen LogP contribution in [-0.2, 0) is 25.2 Å². The Balaban J connectivity index is 1.77. The lowest BCUT2D eigenvalue weighted by molar-refractivity contribution is -0.141. The summed E-state index contributed by atoms with van der Waals surface area (Å²) in [6.07, 6.45) is -2.43.